The standard InChI is InChI=1S/C9H10BrCl2NO2S2/c10-9-7(12)4-8(16-9)17(14,15)13-3-1-2-6(11)5-13/h4,6H,1-3,5H2. The first-order chi connectivity index (χ1) is 7.91. The van der Waals surface area contributed by atoms with Crippen LogP contribution in [0.3, 0.4) is 0 Å². The van der Waals surface area contributed by atoms with E-state index in [-0.39, 0.29) is 9.59 Å². The average Bonchev–Trinajstić information content (AvgIpc) is 2.60. The minimum absolute atomic E-state index is 0.0996. The first-order valence-corrected chi connectivity index (χ1v) is 8.86. The normalized spacial score (nSPS) is 22.9. The summed E-state index contributed by atoms with van der Waals surface area (Å²) in [7, 11) is -3.44. The van der Waals surface area contributed by atoms with Crippen molar-refractivity contribution >= 4 is 60.5 Å². The van der Waals surface area contributed by atoms with Gasteiger partial charge in [0.1, 0.15) is 4.21 Å². The van der Waals surface area contributed by atoms with Gasteiger partial charge in [-0.05, 0) is 34.8 Å². The molecular weight excluding hydrogens is 369 g/mol. The number of alkyl halides is 1. The molecule has 1 aliphatic rings. The second kappa shape index (κ2) is 5.35. The van der Waals surface area contributed by atoms with Crippen LogP contribution in [-0.2, 0) is 10.0 Å². The molecule has 0 spiro atoms. The van der Waals surface area contributed by atoms with Crippen molar-refractivity contribution < 1.29 is 8.42 Å². The molecule has 1 unspecified atom stereocenters. The topological polar surface area (TPSA) is 37.4 Å². The second-order valence-corrected chi connectivity index (χ2v) is 9.35. The van der Waals surface area contributed by atoms with Gasteiger partial charge in [-0.1, -0.05) is 11.6 Å². The fourth-order valence-corrected chi connectivity index (χ4v) is 6.17. The molecule has 0 saturated carbocycles. The zero-order valence-electron chi connectivity index (χ0n) is 8.70. The number of piperidine rings is 1. The molecule has 0 aromatic carbocycles. The molecule has 17 heavy (non-hydrogen) atoms. The van der Waals surface area contributed by atoms with Crippen molar-refractivity contribution in [2.24, 2.45) is 0 Å². The number of rotatable bonds is 2. The first-order valence-electron chi connectivity index (χ1n) is 5.00. The number of hydrogen-bond acceptors (Lipinski definition) is 3. The third-order valence-electron chi connectivity index (χ3n) is 2.54. The largest absolute Gasteiger partial charge is 0.252 e. The van der Waals surface area contributed by atoms with Crippen molar-refractivity contribution in [1.82, 2.24) is 4.31 Å². The van der Waals surface area contributed by atoms with Gasteiger partial charge in [-0.25, -0.2) is 8.42 Å². The molecule has 1 aliphatic heterocycles. The molecule has 3 nitrogen and oxygen atoms in total. The predicted octanol–water partition coefficient (Wildman–Crippen LogP) is 3.56. The Kier molecular flexibility index (Phi) is 4.43. The van der Waals surface area contributed by atoms with E-state index in [1.165, 1.54) is 10.4 Å². The fourth-order valence-electron chi connectivity index (χ4n) is 1.69. The molecule has 1 atom stereocenters. The summed E-state index contributed by atoms with van der Waals surface area (Å²) < 4.78 is 26.9. The van der Waals surface area contributed by atoms with E-state index in [2.05, 4.69) is 15.9 Å². The van der Waals surface area contributed by atoms with Crippen LogP contribution in [-0.4, -0.2) is 31.2 Å². The minimum Gasteiger partial charge on any atom is -0.206 e. The van der Waals surface area contributed by atoms with Gasteiger partial charge in [0, 0.05) is 18.5 Å². The molecule has 0 bridgehead atoms. The maximum Gasteiger partial charge on any atom is 0.252 e. The van der Waals surface area contributed by atoms with E-state index in [9.17, 15) is 8.42 Å². The Morgan fingerprint density at radius 3 is 2.76 bits per heavy atom. The summed E-state index contributed by atoms with van der Waals surface area (Å²) >= 11 is 16.2. The maximum absolute atomic E-state index is 12.3. The highest BCUT2D eigenvalue weighted by Crippen LogP contribution is 2.36. The van der Waals surface area contributed by atoms with Crippen LogP contribution >= 0.6 is 50.5 Å². The third-order valence-corrected chi connectivity index (χ3v) is 7.69. The number of sulfonamides is 1. The zero-order chi connectivity index (χ0) is 12.6. The van der Waals surface area contributed by atoms with Gasteiger partial charge < -0.3 is 0 Å². The van der Waals surface area contributed by atoms with Gasteiger partial charge in [0.05, 0.1) is 8.81 Å². The van der Waals surface area contributed by atoms with Crippen LogP contribution in [0.25, 0.3) is 0 Å². The maximum atomic E-state index is 12.3. The number of hydrogen-bond donors (Lipinski definition) is 0. The highest BCUT2D eigenvalue weighted by Gasteiger charge is 2.31. The van der Waals surface area contributed by atoms with Crippen LogP contribution in [0.2, 0.25) is 5.02 Å². The fraction of sp³-hybridized carbons (Fsp3) is 0.556. The lowest BCUT2D eigenvalue weighted by atomic mass is 10.2. The van der Waals surface area contributed by atoms with E-state index < -0.39 is 10.0 Å². The first kappa shape index (κ1) is 14.1. The van der Waals surface area contributed by atoms with Gasteiger partial charge in [-0.2, -0.15) is 4.31 Å². The Labute approximate surface area is 123 Å². The highest BCUT2D eigenvalue weighted by atomic mass is 79.9. The number of halogens is 3. The summed E-state index contributed by atoms with van der Waals surface area (Å²) in [4.78, 5) is 0. The van der Waals surface area contributed by atoms with E-state index in [4.69, 9.17) is 23.2 Å². The minimum atomic E-state index is -3.44. The summed E-state index contributed by atoms with van der Waals surface area (Å²) in [5.41, 5.74) is 0. The summed E-state index contributed by atoms with van der Waals surface area (Å²) in [6.07, 6.45) is 1.66. The van der Waals surface area contributed by atoms with Crippen LogP contribution in [0.1, 0.15) is 12.8 Å². The highest BCUT2D eigenvalue weighted by molar-refractivity contribution is 9.11. The van der Waals surface area contributed by atoms with E-state index in [1.54, 1.807) is 0 Å². The van der Waals surface area contributed by atoms with E-state index >= 15 is 0 Å². The molecule has 2 rings (SSSR count). The lowest BCUT2D eigenvalue weighted by molar-refractivity contribution is 0.351. The second-order valence-electron chi connectivity index (χ2n) is 3.79. The van der Waals surface area contributed by atoms with Crippen LogP contribution < -0.4 is 0 Å². The van der Waals surface area contributed by atoms with Crippen molar-refractivity contribution in [3.8, 4) is 0 Å². The molecule has 1 aromatic heterocycles. The molecule has 0 radical (unpaired) electrons. The van der Waals surface area contributed by atoms with Crippen molar-refractivity contribution in [3.63, 3.8) is 0 Å². The van der Waals surface area contributed by atoms with Crippen molar-refractivity contribution in [2.75, 3.05) is 13.1 Å². The molecule has 0 N–H and O–H groups in total. The van der Waals surface area contributed by atoms with E-state index in [1.807, 2.05) is 0 Å². The Morgan fingerprint density at radius 2 is 2.24 bits per heavy atom. The van der Waals surface area contributed by atoms with Crippen LogP contribution in [0.5, 0.6) is 0 Å². The Balaban J connectivity index is 2.29. The summed E-state index contributed by atoms with van der Waals surface area (Å²) in [6, 6.07) is 1.48. The quantitative estimate of drug-likeness (QED) is 0.738. The molecular formula is C9H10BrCl2NO2S2. The molecule has 0 amide bonds. The summed E-state index contributed by atoms with van der Waals surface area (Å²) in [5, 5.41) is 0.324. The predicted molar refractivity (Wildman–Crippen MR) is 74.7 cm³/mol. The SMILES string of the molecule is O=S(=O)(c1cc(Cl)c(Br)s1)N1CCCC(Cl)C1. The van der Waals surface area contributed by atoms with Crippen molar-refractivity contribution in [2.45, 2.75) is 22.4 Å². The number of nitrogens with zero attached hydrogens (tertiary/aromatic N) is 1. The summed E-state index contributed by atoms with van der Waals surface area (Å²) in [6.45, 7) is 0.899. The Bertz CT molecular complexity index is 498. The molecule has 96 valence electrons. The molecule has 0 aliphatic carbocycles. The molecule has 1 fully saturated rings. The van der Waals surface area contributed by atoms with E-state index in [0.717, 1.165) is 24.2 Å². The monoisotopic (exact) mass is 377 g/mol. The van der Waals surface area contributed by atoms with Gasteiger partial charge in [-0.15, -0.1) is 22.9 Å². The van der Waals surface area contributed by atoms with Crippen LogP contribution in [0, 0.1) is 0 Å². The van der Waals surface area contributed by atoms with Gasteiger partial charge >= 0.3 is 0 Å². The summed E-state index contributed by atoms with van der Waals surface area (Å²) in [5.74, 6) is 0. The van der Waals surface area contributed by atoms with Crippen molar-refractivity contribution in [1.29, 1.82) is 0 Å². The lowest BCUT2D eigenvalue weighted by Crippen LogP contribution is -2.40. The van der Waals surface area contributed by atoms with Gasteiger partial charge in [0.25, 0.3) is 10.0 Å². The Morgan fingerprint density at radius 1 is 1.53 bits per heavy atom. The van der Waals surface area contributed by atoms with Crippen LogP contribution in [0.15, 0.2) is 14.1 Å². The van der Waals surface area contributed by atoms with Crippen LogP contribution in [0.4, 0.5) is 0 Å². The lowest BCUT2D eigenvalue weighted by Gasteiger charge is -2.28. The smallest absolute Gasteiger partial charge is 0.206 e. The molecule has 1 saturated heterocycles. The third kappa shape index (κ3) is 2.98. The zero-order valence-corrected chi connectivity index (χ0v) is 13.4. The van der Waals surface area contributed by atoms with Gasteiger partial charge in [-0.3, -0.25) is 0 Å². The van der Waals surface area contributed by atoms with Gasteiger partial charge in [0.15, 0.2) is 0 Å². The van der Waals surface area contributed by atoms with Crippen molar-refractivity contribution in [3.05, 3.63) is 14.9 Å². The molecule has 1 aromatic rings. The van der Waals surface area contributed by atoms with E-state index in [0.29, 0.717) is 21.9 Å². The molecule has 8 heteroatoms. The van der Waals surface area contributed by atoms with Gasteiger partial charge in [0.2, 0.25) is 0 Å². The number of thiophene rings is 1. The Hall–Kier alpha value is 0.670. The average molecular weight is 379 g/mol. The molecule has 2 heterocycles.